The summed E-state index contributed by atoms with van der Waals surface area (Å²) in [4.78, 5) is 9.44. The zero-order valence-corrected chi connectivity index (χ0v) is 24.3. The highest BCUT2D eigenvalue weighted by Gasteiger charge is 2.20. The van der Waals surface area contributed by atoms with Crippen LogP contribution in [0.4, 0.5) is 0 Å². The molecule has 0 unspecified atom stereocenters. The molecule has 0 radical (unpaired) electrons. The molecule has 0 amide bonds. The molecule has 0 aliphatic carbocycles. The largest absolute Gasteiger partial charge is 0.456 e. The molecular weight excluding hydrogens is 568 g/mol. The standard InChI is InChI=1S/C40H22N4O2/c1-3-9-30-26(7-1)38-32(11-5-19-41-38)43(30)23-13-16-34-28(21-23)25-15-18-36-37(40(25)46-34)29-22-24(14-17-35(29)45-36)44-31-10-4-2-8-27(31)39-33(44)12-6-20-42-39/h1-22H. The van der Waals surface area contributed by atoms with E-state index < -0.39 is 0 Å². The molecule has 0 N–H and O–H groups in total. The van der Waals surface area contributed by atoms with Gasteiger partial charge < -0.3 is 18.0 Å². The first-order chi connectivity index (χ1) is 22.8. The minimum Gasteiger partial charge on any atom is -0.456 e. The van der Waals surface area contributed by atoms with E-state index in [1.807, 2.05) is 24.5 Å². The van der Waals surface area contributed by atoms with Gasteiger partial charge in [0, 0.05) is 50.7 Å². The second kappa shape index (κ2) is 8.61. The molecule has 0 spiro atoms. The Morgan fingerprint density at radius 3 is 1.61 bits per heavy atom. The van der Waals surface area contributed by atoms with E-state index in [4.69, 9.17) is 18.8 Å². The molecule has 0 fully saturated rings. The summed E-state index contributed by atoms with van der Waals surface area (Å²) in [6.07, 6.45) is 3.71. The Morgan fingerprint density at radius 2 is 0.957 bits per heavy atom. The zero-order valence-electron chi connectivity index (χ0n) is 24.3. The molecule has 46 heavy (non-hydrogen) atoms. The molecule has 6 aromatic heterocycles. The van der Waals surface area contributed by atoms with Gasteiger partial charge in [0.25, 0.3) is 0 Å². The molecule has 0 saturated carbocycles. The molecular formula is C40H22N4O2. The van der Waals surface area contributed by atoms with Crippen LogP contribution in [0.2, 0.25) is 0 Å². The molecule has 0 bridgehead atoms. The number of aromatic nitrogens is 4. The first-order valence-electron chi connectivity index (χ1n) is 15.3. The fraction of sp³-hybridized carbons (Fsp3) is 0. The highest BCUT2D eigenvalue weighted by molar-refractivity contribution is 6.22. The van der Waals surface area contributed by atoms with E-state index in [2.05, 4.69) is 118 Å². The van der Waals surface area contributed by atoms with Gasteiger partial charge in [-0.15, -0.1) is 0 Å². The molecule has 5 aromatic carbocycles. The highest BCUT2D eigenvalue weighted by atomic mass is 16.3. The van der Waals surface area contributed by atoms with Crippen LogP contribution in [0.25, 0.3) is 99.1 Å². The maximum Gasteiger partial charge on any atom is 0.147 e. The minimum absolute atomic E-state index is 0.802. The van der Waals surface area contributed by atoms with E-state index in [0.717, 1.165) is 99.1 Å². The van der Waals surface area contributed by atoms with E-state index >= 15 is 0 Å². The second-order valence-electron chi connectivity index (χ2n) is 11.8. The van der Waals surface area contributed by atoms with Gasteiger partial charge in [-0.3, -0.25) is 9.97 Å². The maximum absolute atomic E-state index is 6.65. The molecule has 6 heteroatoms. The molecule has 0 atom stereocenters. The van der Waals surface area contributed by atoms with Crippen molar-refractivity contribution < 1.29 is 8.83 Å². The predicted molar refractivity (Wildman–Crippen MR) is 185 cm³/mol. The number of rotatable bonds is 2. The topological polar surface area (TPSA) is 61.9 Å². The predicted octanol–water partition coefficient (Wildman–Crippen LogP) is 10.5. The Bertz CT molecular complexity index is 2940. The number of hydrogen-bond acceptors (Lipinski definition) is 4. The lowest BCUT2D eigenvalue weighted by atomic mass is 10.1. The number of benzene rings is 5. The van der Waals surface area contributed by atoms with Gasteiger partial charge in [-0.2, -0.15) is 0 Å². The third kappa shape index (κ3) is 3.05. The van der Waals surface area contributed by atoms with Crippen molar-refractivity contribution in [1.82, 2.24) is 19.1 Å². The summed E-state index contributed by atoms with van der Waals surface area (Å²) >= 11 is 0. The van der Waals surface area contributed by atoms with Crippen LogP contribution in [-0.4, -0.2) is 19.1 Å². The van der Waals surface area contributed by atoms with Crippen LogP contribution < -0.4 is 0 Å². The van der Waals surface area contributed by atoms with Crippen LogP contribution in [-0.2, 0) is 0 Å². The Hall–Kier alpha value is -6.40. The van der Waals surface area contributed by atoms with Gasteiger partial charge in [0.05, 0.1) is 38.5 Å². The molecule has 11 aromatic rings. The molecule has 214 valence electrons. The fourth-order valence-electron chi connectivity index (χ4n) is 7.47. The van der Waals surface area contributed by atoms with Gasteiger partial charge in [-0.1, -0.05) is 36.4 Å². The summed E-state index contributed by atoms with van der Waals surface area (Å²) in [6.45, 7) is 0. The van der Waals surface area contributed by atoms with Gasteiger partial charge in [0.15, 0.2) is 0 Å². The van der Waals surface area contributed by atoms with E-state index in [0.29, 0.717) is 0 Å². The maximum atomic E-state index is 6.65. The fourth-order valence-corrected chi connectivity index (χ4v) is 7.47. The van der Waals surface area contributed by atoms with Crippen molar-refractivity contribution in [3.8, 4) is 11.4 Å². The summed E-state index contributed by atoms with van der Waals surface area (Å²) in [5, 5.41) is 6.37. The quantitative estimate of drug-likeness (QED) is 0.201. The number of nitrogens with zero attached hydrogens (tertiary/aromatic N) is 4. The lowest BCUT2D eigenvalue weighted by molar-refractivity contribution is 0.662. The molecule has 0 aliphatic heterocycles. The van der Waals surface area contributed by atoms with Crippen LogP contribution in [0.15, 0.2) is 143 Å². The second-order valence-corrected chi connectivity index (χ2v) is 11.8. The van der Waals surface area contributed by atoms with E-state index in [-0.39, 0.29) is 0 Å². The SMILES string of the molecule is c1ccc2c(c1)c1ncccc1n2-c1ccc2oc3c(ccc4oc5ccc(-n6c7ccccc7c7ncccc76)cc5c43)c2c1. The normalized spacial score (nSPS) is 12.3. The first-order valence-corrected chi connectivity index (χ1v) is 15.3. The monoisotopic (exact) mass is 590 g/mol. The van der Waals surface area contributed by atoms with Gasteiger partial charge in [0.1, 0.15) is 22.3 Å². The summed E-state index contributed by atoms with van der Waals surface area (Å²) < 4.78 is 17.6. The number of pyridine rings is 2. The molecule has 6 nitrogen and oxygen atoms in total. The third-order valence-electron chi connectivity index (χ3n) is 9.41. The summed E-state index contributed by atoms with van der Waals surface area (Å²) in [7, 11) is 0. The number of hydrogen-bond donors (Lipinski definition) is 0. The molecule has 0 aliphatic rings. The summed E-state index contributed by atoms with van der Waals surface area (Å²) in [5.41, 5.74) is 11.8. The van der Waals surface area contributed by atoms with Crippen molar-refractivity contribution in [2.45, 2.75) is 0 Å². The van der Waals surface area contributed by atoms with E-state index in [1.165, 1.54) is 0 Å². The van der Waals surface area contributed by atoms with Crippen LogP contribution in [0.1, 0.15) is 0 Å². The van der Waals surface area contributed by atoms with Crippen molar-refractivity contribution >= 4 is 87.7 Å². The molecule has 6 heterocycles. The van der Waals surface area contributed by atoms with Crippen molar-refractivity contribution in [2.24, 2.45) is 0 Å². The lowest BCUT2D eigenvalue weighted by Gasteiger charge is -2.07. The number of para-hydroxylation sites is 2. The van der Waals surface area contributed by atoms with Gasteiger partial charge in [-0.05, 0) is 84.9 Å². The van der Waals surface area contributed by atoms with Gasteiger partial charge >= 0.3 is 0 Å². The average Bonchev–Trinajstić information content (AvgIpc) is 3.85. The molecule has 0 saturated heterocycles. The summed E-state index contributed by atoms with van der Waals surface area (Å²) in [5.74, 6) is 0. The third-order valence-corrected chi connectivity index (χ3v) is 9.41. The van der Waals surface area contributed by atoms with Gasteiger partial charge in [-0.25, -0.2) is 0 Å². The number of furan rings is 2. The number of fused-ring (bicyclic) bond motifs is 13. The van der Waals surface area contributed by atoms with Gasteiger partial charge in [0.2, 0.25) is 0 Å². The van der Waals surface area contributed by atoms with Crippen LogP contribution in [0.3, 0.4) is 0 Å². The Labute approximate surface area is 260 Å². The molecule has 11 rings (SSSR count). The Balaban J connectivity index is 1.17. The lowest BCUT2D eigenvalue weighted by Crippen LogP contribution is -1.93. The smallest absolute Gasteiger partial charge is 0.147 e. The summed E-state index contributed by atoms with van der Waals surface area (Å²) in [6, 6.07) is 42.1. The first kappa shape index (κ1) is 24.0. The average molecular weight is 591 g/mol. The van der Waals surface area contributed by atoms with Crippen LogP contribution >= 0.6 is 0 Å². The Morgan fingerprint density at radius 1 is 0.413 bits per heavy atom. The van der Waals surface area contributed by atoms with E-state index in [9.17, 15) is 0 Å². The minimum atomic E-state index is 0.802. The van der Waals surface area contributed by atoms with Crippen molar-refractivity contribution in [3.05, 3.63) is 134 Å². The Kier molecular flexibility index (Phi) is 4.49. The van der Waals surface area contributed by atoms with Crippen LogP contribution in [0.5, 0.6) is 0 Å². The zero-order chi connectivity index (χ0) is 29.9. The van der Waals surface area contributed by atoms with E-state index in [1.54, 1.807) is 0 Å². The highest BCUT2D eigenvalue weighted by Crippen LogP contribution is 2.42. The van der Waals surface area contributed by atoms with Crippen molar-refractivity contribution in [2.75, 3.05) is 0 Å². The van der Waals surface area contributed by atoms with Crippen LogP contribution in [0, 0.1) is 0 Å². The van der Waals surface area contributed by atoms with Crippen molar-refractivity contribution in [3.63, 3.8) is 0 Å². The van der Waals surface area contributed by atoms with Crippen molar-refractivity contribution in [1.29, 1.82) is 0 Å².